The van der Waals surface area contributed by atoms with Gasteiger partial charge in [-0.15, -0.1) is 0 Å². The Balaban J connectivity index is -0.000000180. The van der Waals surface area contributed by atoms with Crippen molar-refractivity contribution in [1.82, 2.24) is 0 Å². The molecule has 4 nitrogen and oxygen atoms in total. The Hall–Kier alpha value is -0.892. The molecule has 0 radical (unpaired) electrons. The van der Waals surface area contributed by atoms with Crippen LogP contribution in [-0.4, -0.2) is 21.8 Å². The number of carbonyl (C=O) groups is 2. The number of ketones is 2. The van der Waals surface area contributed by atoms with Crippen LogP contribution in [0.2, 0.25) is 0 Å². The molecule has 15 heavy (non-hydrogen) atoms. The number of hydrogen-bond acceptors (Lipinski definition) is 4. The molecule has 0 aliphatic heterocycles. The molecule has 0 unspecified atom stereocenters. The third-order valence-electron chi connectivity index (χ3n) is 0.824. The van der Waals surface area contributed by atoms with Gasteiger partial charge in [0.1, 0.15) is 0 Å². The van der Waals surface area contributed by atoms with E-state index in [2.05, 4.69) is 0 Å². The Kier molecular flexibility index (Phi) is 14.6. The van der Waals surface area contributed by atoms with Gasteiger partial charge in [0.2, 0.25) is 0 Å². The first-order valence-electron chi connectivity index (χ1n) is 4.01. The zero-order valence-electron chi connectivity index (χ0n) is 9.18. The third kappa shape index (κ3) is 32.0. The van der Waals surface area contributed by atoms with Crippen LogP contribution < -0.4 is 0 Å². The SMILES string of the molecule is CC(=O)C=C(C)O.CC(=O)C=C(C)O.[Pt]. The van der Waals surface area contributed by atoms with Gasteiger partial charge in [-0.3, -0.25) is 9.59 Å². The molecule has 0 aliphatic carbocycles. The maximum Gasteiger partial charge on any atom is 0.155 e. The monoisotopic (exact) mass is 395 g/mol. The molecule has 0 spiro atoms. The summed E-state index contributed by atoms with van der Waals surface area (Å²) >= 11 is 0. The van der Waals surface area contributed by atoms with E-state index in [4.69, 9.17) is 10.2 Å². The number of carbonyl (C=O) groups excluding carboxylic acids is 2. The van der Waals surface area contributed by atoms with Crippen LogP contribution in [0.1, 0.15) is 27.7 Å². The molecule has 0 aromatic heterocycles. The van der Waals surface area contributed by atoms with E-state index >= 15 is 0 Å². The van der Waals surface area contributed by atoms with Gasteiger partial charge in [-0.2, -0.15) is 0 Å². The molecule has 90 valence electrons. The molecule has 0 aliphatic rings. The van der Waals surface area contributed by atoms with Crippen LogP contribution in [-0.2, 0) is 30.7 Å². The summed E-state index contributed by atoms with van der Waals surface area (Å²) < 4.78 is 0. The average molecular weight is 395 g/mol. The predicted molar refractivity (Wildman–Crippen MR) is 54.1 cm³/mol. The largest absolute Gasteiger partial charge is 0.512 e. The molecule has 0 saturated carbocycles. The predicted octanol–water partition coefficient (Wildman–Crippen LogP) is 2.07. The number of aliphatic hydroxyl groups is 2. The van der Waals surface area contributed by atoms with Gasteiger partial charge < -0.3 is 10.2 Å². The fourth-order valence-corrected chi connectivity index (χ4v) is 0.588. The molecule has 2 N–H and O–H groups in total. The number of hydrogen-bond donors (Lipinski definition) is 2. The van der Waals surface area contributed by atoms with Crippen LogP contribution in [0.5, 0.6) is 0 Å². The summed E-state index contributed by atoms with van der Waals surface area (Å²) in [5.74, 6) is -0.125. The Labute approximate surface area is 104 Å². The number of rotatable bonds is 2. The fraction of sp³-hybridized carbons (Fsp3) is 0.400. The van der Waals surface area contributed by atoms with E-state index in [-0.39, 0.29) is 44.2 Å². The minimum atomic E-state index is -0.125. The van der Waals surface area contributed by atoms with Crippen molar-refractivity contribution in [3.05, 3.63) is 23.7 Å². The minimum Gasteiger partial charge on any atom is -0.512 e. The standard InChI is InChI=1S/2C5H8O2.Pt/c2*1-4(6)3-5(2)7;/h2*3,6H,1-2H3;. The zero-order chi connectivity index (χ0) is 11.7. The van der Waals surface area contributed by atoms with E-state index in [0.29, 0.717) is 0 Å². The second-order valence-corrected chi connectivity index (χ2v) is 2.79. The van der Waals surface area contributed by atoms with Gasteiger partial charge in [-0.1, -0.05) is 0 Å². The third-order valence-corrected chi connectivity index (χ3v) is 0.824. The number of aliphatic hydroxyl groups excluding tert-OH is 2. The maximum absolute atomic E-state index is 10.0. The van der Waals surface area contributed by atoms with Crippen LogP contribution in [0.15, 0.2) is 23.7 Å². The van der Waals surface area contributed by atoms with Gasteiger partial charge in [-0.25, -0.2) is 0 Å². The Bertz CT molecular complexity index is 231. The molecular formula is C10H16O4Pt. The molecular weight excluding hydrogens is 379 g/mol. The minimum absolute atomic E-state index is 0. The van der Waals surface area contributed by atoms with Gasteiger partial charge >= 0.3 is 0 Å². The summed E-state index contributed by atoms with van der Waals surface area (Å²) in [6.45, 7) is 5.70. The van der Waals surface area contributed by atoms with Gasteiger partial charge in [0.15, 0.2) is 11.6 Å². The van der Waals surface area contributed by atoms with Crippen LogP contribution >= 0.6 is 0 Å². The second-order valence-electron chi connectivity index (χ2n) is 2.79. The molecule has 0 aromatic carbocycles. The van der Waals surface area contributed by atoms with E-state index < -0.39 is 0 Å². The molecule has 0 amide bonds. The van der Waals surface area contributed by atoms with E-state index in [0.717, 1.165) is 0 Å². The van der Waals surface area contributed by atoms with E-state index in [1.165, 1.54) is 39.8 Å². The summed E-state index contributed by atoms with van der Waals surface area (Å²) in [5.41, 5.74) is 0. The van der Waals surface area contributed by atoms with Crippen molar-refractivity contribution in [2.45, 2.75) is 27.7 Å². The van der Waals surface area contributed by atoms with Gasteiger partial charge in [0.05, 0.1) is 11.5 Å². The maximum atomic E-state index is 10.0. The molecule has 0 bridgehead atoms. The zero-order valence-corrected chi connectivity index (χ0v) is 11.5. The van der Waals surface area contributed by atoms with Crippen molar-refractivity contribution < 1.29 is 40.9 Å². The van der Waals surface area contributed by atoms with Crippen molar-refractivity contribution in [3.63, 3.8) is 0 Å². The fourth-order valence-electron chi connectivity index (χ4n) is 0.588. The molecule has 0 saturated heterocycles. The van der Waals surface area contributed by atoms with Crippen molar-refractivity contribution in [2.24, 2.45) is 0 Å². The topological polar surface area (TPSA) is 74.6 Å². The van der Waals surface area contributed by atoms with E-state index in [1.807, 2.05) is 0 Å². The summed E-state index contributed by atoms with van der Waals surface area (Å²) in [5, 5.41) is 16.7. The first-order valence-corrected chi connectivity index (χ1v) is 4.01. The van der Waals surface area contributed by atoms with Gasteiger partial charge in [-0.05, 0) is 27.7 Å². The second kappa shape index (κ2) is 11.2. The summed E-state index contributed by atoms with van der Waals surface area (Å²) in [7, 11) is 0. The summed E-state index contributed by atoms with van der Waals surface area (Å²) in [6, 6.07) is 0. The Morgan fingerprint density at radius 1 is 0.800 bits per heavy atom. The molecule has 0 aromatic rings. The average Bonchev–Trinajstić information content (AvgIpc) is 1.79. The Morgan fingerprint density at radius 3 is 1.00 bits per heavy atom. The Morgan fingerprint density at radius 2 is 1.00 bits per heavy atom. The van der Waals surface area contributed by atoms with Crippen molar-refractivity contribution in [2.75, 3.05) is 0 Å². The van der Waals surface area contributed by atoms with Gasteiger partial charge in [0, 0.05) is 33.2 Å². The first kappa shape index (κ1) is 19.6. The molecule has 5 heteroatoms. The quantitative estimate of drug-likeness (QED) is 0.555. The van der Waals surface area contributed by atoms with Crippen molar-refractivity contribution in [1.29, 1.82) is 0 Å². The van der Waals surface area contributed by atoms with Crippen molar-refractivity contribution >= 4 is 11.6 Å². The van der Waals surface area contributed by atoms with E-state index in [1.54, 1.807) is 0 Å². The molecule has 0 rings (SSSR count). The summed E-state index contributed by atoms with van der Waals surface area (Å²) in [4.78, 5) is 20.0. The van der Waals surface area contributed by atoms with Crippen molar-refractivity contribution in [3.8, 4) is 0 Å². The molecule has 0 fully saturated rings. The van der Waals surface area contributed by atoms with Crippen LogP contribution in [0, 0.1) is 0 Å². The van der Waals surface area contributed by atoms with Crippen LogP contribution in [0.4, 0.5) is 0 Å². The molecule has 0 atom stereocenters. The smallest absolute Gasteiger partial charge is 0.155 e. The summed E-state index contributed by atoms with van der Waals surface area (Å²) in [6.07, 6.45) is 2.33. The molecule has 0 heterocycles. The van der Waals surface area contributed by atoms with Crippen LogP contribution in [0.3, 0.4) is 0 Å². The normalized spacial score (nSPS) is 10.7. The van der Waals surface area contributed by atoms with Crippen LogP contribution in [0.25, 0.3) is 0 Å². The van der Waals surface area contributed by atoms with E-state index in [9.17, 15) is 9.59 Å². The number of allylic oxidation sites excluding steroid dienone is 4. The first-order chi connectivity index (χ1) is 6.25. The van der Waals surface area contributed by atoms with Gasteiger partial charge in [0.25, 0.3) is 0 Å².